The third kappa shape index (κ3) is 2.74. The third-order valence-corrected chi connectivity index (χ3v) is 3.01. The molecule has 0 atom stereocenters. The molecule has 1 saturated heterocycles. The van der Waals surface area contributed by atoms with Crippen molar-refractivity contribution in [2.45, 2.75) is 19.8 Å². The Morgan fingerprint density at radius 2 is 2.05 bits per heavy atom. The van der Waals surface area contributed by atoms with Gasteiger partial charge in [-0.3, -0.25) is 9.69 Å². The van der Waals surface area contributed by atoms with Crippen LogP contribution in [-0.2, 0) is 4.79 Å². The van der Waals surface area contributed by atoms with Crippen LogP contribution in [0.3, 0.4) is 0 Å². The van der Waals surface area contributed by atoms with Crippen LogP contribution in [0.2, 0.25) is 0 Å². The predicted molar refractivity (Wildman–Crippen MR) is 72.9 cm³/mol. The van der Waals surface area contributed by atoms with E-state index in [1.165, 1.54) is 24.3 Å². The average molecular weight is 276 g/mol. The van der Waals surface area contributed by atoms with E-state index in [1.54, 1.807) is 0 Å². The van der Waals surface area contributed by atoms with Crippen LogP contribution in [0.5, 0.6) is 11.5 Å². The summed E-state index contributed by atoms with van der Waals surface area (Å²) < 4.78 is 0. The summed E-state index contributed by atoms with van der Waals surface area (Å²) in [6.45, 7) is 2.35. The van der Waals surface area contributed by atoms with Crippen LogP contribution < -0.4 is 5.32 Å². The third-order valence-electron chi connectivity index (χ3n) is 3.01. The summed E-state index contributed by atoms with van der Waals surface area (Å²) >= 11 is 0. The summed E-state index contributed by atoms with van der Waals surface area (Å²) in [5.74, 6) is -0.640. The normalized spacial score (nSPS) is 16.9. The number of carbonyl (C=O) groups is 2. The van der Waals surface area contributed by atoms with Crippen molar-refractivity contribution < 1.29 is 19.8 Å². The minimum atomic E-state index is -0.451. The Morgan fingerprint density at radius 1 is 1.30 bits per heavy atom. The number of nitrogens with one attached hydrogen (secondary N) is 1. The molecule has 0 aliphatic carbocycles. The van der Waals surface area contributed by atoms with E-state index >= 15 is 0 Å². The van der Waals surface area contributed by atoms with E-state index in [2.05, 4.69) is 5.32 Å². The number of phenols is 2. The number of nitrogens with zero attached hydrogens (tertiary/aromatic N) is 1. The topological polar surface area (TPSA) is 89.9 Å². The van der Waals surface area contributed by atoms with Crippen molar-refractivity contribution in [2.24, 2.45) is 0 Å². The molecule has 1 aromatic carbocycles. The van der Waals surface area contributed by atoms with Gasteiger partial charge in [-0.15, -0.1) is 0 Å². The smallest absolute Gasteiger partial charge is 0.329 e. The lowest BCUT2D eigenvalue weighted by Crippen LogP contribution is -2.31. The van der Waals surface area contributed by atoms with Crippen LogP contribution >= 0.6 is 0 Å². The summed E-state index contributed by atoms with van der Waals surface area (Å²) in [4.78, 5) is 24.9. The van der Waals surface area contributed by atoms with Crippen molar-refractivity contribution in [3.63, 3.8) is 0 Å². The SMILES string of the molecule is CCCCN1C(=O)NC(=Cc2ccc(O)cc2O)C1=O. The highest BCUT2D eigenvalue weighted by molar-refractivity contribution is 6.14. The van der Waals surface area contributed by atoms with E-state index in [9.17, 15) is 19.8 Å². The molecular formula is C14H16N2O4. The lowest BCUT2D eigenvalue weighted by atomic mass is 10.1. The van der Waals surface area contributed by atoms with Crippen LogP contribution in [0.15, 0.2) is 23.9 Å². The summed E-state index contributed by atoms with van der Waals surface area (Å²) in [6.07, 6.45) is 3.02. The molecular weight excluding hydrogens is 260 g/mol. The highest BCUT2D eigenvalue weighted by Crippen LogP contribution is 2.25. The molecule has 0 radical (unpaired) electrons. The molecule has 106 valence electrons. The van der Waals surface area contributed by atoms with Crippen LogP contribution in [0.4, 0.5) is 4.79 Å². The van der Waals surface area contributed by atoms with Gasteiger partial charge in [-0.1, -0.05) is 13.3 Å². The van der Waals surface area contributed by atoms with E-state index in [1.807, 2.05) is 6.92 Å². The number of amides is 3. The van der Waals surface area contributed by atoms with Gasteiger partial charge in [0.25, 0.3) is 5.91 Å². The summed E-state index contributed by atoms with van der Waals surface area (Å²) in [5, 5.41) is 21.4. The molecule has 0 unspecified atom stereocenters. The van der Waals surface area contributed by atoms with E-state index in [0.29, 0.717) is 12.1 Å². The number of phenolic OH excluding ortho intramolecular Hbond substituents is 2. The van der Waals surface area contributed by atoms with Crippen molar-refractivity contribution in [1.82, 2.24) is 10.2 Å². The predicted octanol–water partition coefficient (Wildman–Crippen LogP) is 1.79. The Labute approximate surface area is 116 Å². The monoisotopic (exact) mass is 276 g/mol. The fraction of sp³-hybridized carbons (Fsp3) is 0.286. The maximum absolute atomic E-state index is 12.0. The summed E-state index contributed by atoms with van der Waals surface area (Å²) in [7, 11) is 0. The van der Waals surface area contributed by atoms with Crippen molar-refractivity contribution in [2.75, 3.05) is 6.54 Å². The van der Waals surface area contributed by atoms with E-state index in [0.717, 1.165) is 17.7 Å². The van der Waals surface area contributed by atoms with Gasteiger partial charge in [0, 0.05) is 18.2 Å². The quantitative estimate of drug-likeness (QED) is 0.577. The van der Waals surface area contributed by atoms with Gasteiger partial charge in [-0.05, 0) is 24.6 Å². The van der Waals surface area contributed by atoms with Crippen LogP contribution in [0.25, 0.3) is 6.08 Å². The number of aromatic hydroxyl groups is 2. The Bertz CT molecular complexity index is 581. The van der Waals surface area contributed by atoms with Crippen molar-refractivity contribution in [3.8, 4) is 11.5 Å². The highest BCUT2D eigenvalue weighted by Gasteiger charge is 2.32. The van der Waals surface area contributed by atoms with Crippen molar-refractivity contribution in [3.05, 3.63) is 29.5 Å². The lowest BCUT2D eigenvalue weighted by Gasteiger charge is -2.09. The fourth-order valence-electron chi connectivity index (χ4n) is 1.90. The first-order chi connectivity index (χ1) is 9.52. The Balaban J connectivity index is 2.23. The van der Waals surface area contributed by atoms with Gasteiger partial charge in [0.2, 0.25) is 0 Å². The van der Waals surface area contributed by atoms with E-state index in [-0.39, 0.29) is 17.2 Å². The molecule has 1 heterocycles. The van der Waals surface area contributed by atoms with Crippen molar-refractivity contribution in [1.29, 1.82) is 0 Å². The molecule has 6 nitrogen and oxygen atoms in total. The van der Waals surface area contributed by atoms with E-state index in [4.69, 9.17) is 0 Å². The molecule has 1 aliphatic rings. The van der Waals surface area contributed by atoms with Crippen LogP contribution in [0.1, 0.15) is 25.3 Å². The van der Waals surface area contributed by atoms with Crippen LogP contribution in [0, 0.1) is 0 Å². The first-order valence-corrected chi connectivity index (χ1v) is 6.39. The van der Waals surface area contributed by atoms with Gasteiger partial charge in [-0.25, -0.2) is 4.79 Å². The minimum absolute atomic E-state index is 0.0731. The van der Waals surface area contributed by atoms with Gasteiger partial charge in [0.1, 0.15) is 17.2 Å². The fourth-order valence-corrected chi connectivity index (χ4v) is 1.90. The average Bonchev–Trinajstić information content (AvgIpc) is 2.66. The Morgan fingerprint density at radius 3 is 2.70 bits per heavy atom. The Kier molecular flexibility index (Phi) is 3.93. The zero-order chi connectivity index (χ0) is 14.7. The molecule has 2 rings (SSSR count). The van der Waals surface area contributed by atoms with Crippen LogP contribution in [-0.4, -0.2) is 33.6 Å². The zero-order valence-electron chi connectivity index (χ0n) is 11.1. The first kappa shape index (κ1) is 13.9. The number of hydrogen-bond donors (Lipinski definition) is 3. The molecule has 3 amide bonds. The van der Waals surface area contributed by atoms with E-state index < -0.39 is 11.9 Å². The summed E-state index contributed by atoms with van der Waals surface area (Å²) in [6, 6.07) is 3.57. The van der Waals surface area contributed by atoms with Gasteiger partial charge in [-0.2, -0.15) is 0 Å². The molecule has 0 saturated carbocycles. The standard InChI is InChI=1S/C14H16N2O4/c1-2-3-6-16-13(19)11(15-14(16)20)7-9-4-5-10(17)8-12(9)18/h4-5,7-8,17-18H,2-3,6H2,1H3,(H,15,20). The molecule has 20 heavy (non-hydrogen) atoms. The number of rotatable bonds is 4. The highest BCUT2D eigenvalue weighted by atomic mass is 16.3. The largest absolute Gasteiger partial charge is 0.508 e. The zero-order valence-corrected chi connectivity index (χ0v) is 11.1. The molecule has 0 bridgehead atoms. The molecule has 1 fully saturated rings. The second-order valence-electron chi connectivity index (χ2n) is 4.54. The van der Waals surface area contributed by atoms with Gasteiger partial charge < -0.3 is 15.5 Å². The number of urea groups is 1. The molecule has 0 aromatic heterocycles. The second kappa shape index (κ2) is 5.64. The summed E-state index contributed by atoms with van der Waals surface area (Å²) in [5.41, 5.74) is 0.468. The number of carbonyl (C=O) groups excluding carboxylic acids is 2. The molecule has 3 N–H and O–H groups in total. The lowest BCUT2D eigenvalue weighted by molar-refractivity contribution is -0.122. The van der Waals surface area contributed by atoms with Gasteiger partial charge in [0.05, 0.1) is 0 Å². The number of hydrogen-bond acceptors (Lipinski definition) is 4. The van der Waals surface area contributed by atoms with Gasteiger partial charge in [0.15, 0.2) is 0 Å². The molecule has 0 spiro atoms. The van der Waals surface area contributed by atoms with Gasteiger partial charge >= 0.3 is 6.03 Å². The molecule has 1 aliphatic heterocycles. The number of benzene rings is 1. The Hall–Kier alpha value is -2.50. The molecule has 1 aromatic rings. The van der Waals surface area contributed by atoms with Crippen molar-refractivity contribution >= 4 is 18.0 Å². The maximum Gasteiger partial charge on any atom is 0.329 e. The number of imide groups is 1. The number of unbranched alkanes of at least 4 members (excludes halogenated alkanes) is 1. The first-order valence-electron chi connectivity index (χ1n) is 6.39. The molecule has 6 heteroatoms. The second-order valence-corrected chi connectivity index (χ2v) is 4.54. The minimum Gasteiger partial charge on any atom is -0.508 e. The maximum atomic E-state index is 12.0.